The summed E-state index contributed by atoms with van der Waals surface area (Å²) >= 11 is 0. The minimum atomic E-state index is -0.365. The summed E-state index contributed by atoms with van der Waals surface area (Å²) < 4.78 is 0. The lowest BCUT2D eigenvalue weighted by molar-refractivity contribution is -0.135. The van der Waals surface area contributed by atoms with E-state index in [4.69, 9.17) is 0 Å². The van der Waals surface area contributed by atoms with Crippen molar-refractivity contribution in [3.05, 3.63) is 12.2 Å². The van der Waals surface area contributed by atoms with Gasteiger partial charge in [0.2, 0.25) is 0 Å². The molecule has 1 aliphatic carbocycles. The molecule has 0 bridgehead atoms. The van der Waals surface area contributed by atoms with Gasteiger partial charge in [0.15, 0.2) is 0 Å². The second kappa shape index (κ2) is 3.65. The third-order valence-electron chi connectivity index (χ3n) is 2.18. The number of rotatable bonds is 2. The Bertz CT molecular complexity index is 212. The van der Waals surface area contributed by atoms with Crippen molar-refractivity contribution in [2.24, 2.45) is 5.92 Å². The Hall–Kier alpha value is -0.920. The number of carbonyl (C=O) groups excluding carboxylic acids is 2. The van der Waals surface area contributed by atoms with Crippen molar-refractivity contribution in [2.75, 3.05) is 0 Å². The third-order valence-corrected chi connectivity index (χ3v) is 2.18. The standard InChI is InChI=1S/C10H14O2/c1-7(2)6-8-9(11)4-3-5-10(8)12/h8H,1,3-6H2,2H3. The van der Waals surface area contributed by atoms with Gasteiger partial charge in [0.1, 0.15) is 11.6 Å². The zero-order valence-corrected chi connectivity index (χ0v) is 7.43. The summed E-state index contributed by atoms with van der Waals surface area (Å²) in [6, 6.07) is 0. The first kappa shape index (κ1) is 9.17. The van der Waals surface area contributed by atoms with Gasteiger partial charge < -0.3 is 0 Å². The number of Topliss-reactive ketones (excluding diaryl/α,β-unsaturated/α-hetero) is 2. The molecular formula is C10H14O2. The molecule has 12 heavy (non-hydrogen) atoms. The summed E-state index contributed by atoms with van der Waals surface area (Å²) in [6.45, 7) is 5.57. The Labute approximate surface area is 72.7 Å². The van der Waals surface area contributed by atoms with Crippen LogP contribution in [-0.4, -0.2) is 11.6 Å². The van der Waals surface area contributed by atoms with Gasteiger partial charge in [0, 0.05) is 12.8 Å². The van der Waals surface area contributed by atoms with Crippen LogP contribution in [-0.2, 0) is 9.59 Å². The van der Waals surface area contributed by atoms with Gasteiger partial charge in [-0.15, -0.1) is 6.58 Å². The van der Waals surface area contributed by atoms with Crippen LogP contribution in [0.25, 0.3) is 0 Å². The van der Waals surface area contributed by atoms with Crippen LogP contribution in [0.15, 0.2) is 12.2 Å². The van der Waals surface area contributed by atoms with E-state index in [9.17, 15) is 9.59 Å². The highest BCUT2D eigenvalue weighted by atomic mass is 16.2. The van der Waals surface area contributed by atoms with Crippen LogP contribution >= 0.6 is 0 Å². The Balaban J connectivity index is 2.63. The first-order chi connectivity index (χ1) is 5.61. The van der Waals surface area contributed by atoms with E-state index in [2.05, 4.69) is 6.58 Å². The van der Waals surface area contributed by atoms with Gasteiger partial charge in [0.25, 0.3) is 0 Å². The smallest absolute Gasteiger partial charge is 0.143 e. The lowest BCUT2D eigenvalue weighted by Gasteiger charge is -2.18. The first-order valence-corrected chi connectivity index (χ1v) is 4.31. The average Bonchev–Trinajstić information content (AvgIpc) is 1.97. The SMILES string of the molecule is C=C(C)CC1C(=O)CCCC1=O. The summed E-state index contributed by atoms with van der Waals surface area (Å²) in [6.07, 6.45) is 2.44. The maximum absolute atomic E-state index is 11.3. The van der Waals surface area contributed by atoms with Crippen molar-refractivity contribution in [1.82, 2.24) is 0 Å². The Morgan fingerprint density at radius 1 is 1.42 bits per heavy atom. The van der Waals surface area contributed by atoms with Gasteiger partial charge in [0.05, 0.1) is 5.92 Å². The van der Waals surface area contributed by atoms with Crippen LogP contribution in [0.1, 0.15) is 32.6 Å². The minimum absolute atomic E-state index is 0.106. The van der Waals surface area contributed by atoms with Crippen molar-refractivity contribution in [2.45, 2.75) is 32.6 Å². The quantitative estimate of drug-likeness (QED) is 0.463. The highest BCUT2D eigenvalue weighted by Crippen LogP contribution is 2.22. The molecule has 0 aromatic heterocycles. The molecule has 0 amide bonds. The summed E-state index contributed by atoms with van der Waals surface area (Å²) in [5, 5.41) is 0. The maximum atomic E-state index is 11.3. The van der Waals surface area contributed by atoms with E-state index in [1.807, 2.05) is 6.92 Å². The summed E-state index contributed by atoms with van der Waals surface area (Å²) in [4.78, 5) is 22.6. The van der Waals surface area contributed by atoms with Crippen LogP contribution in [0.2, 0.25) is 0 Å². The molecule has 0 radical (unpaired) electrons. The van der Waals surface area contributed by atoms with Crippen molar-refractivity contribution >= 4 is 11.6 Å². The largest absolute Gasteiger partial charge is 0.299 e. The molecule has 2 nitrogen and oxygen atoms in total. The number of ketones is 2. The van der Waals surface area contributed by atoms with Gasteiger partial charge in [-0.3, -0.25) is 9.59 Å². The molecule has 0 aromatic rings. The van der Waals surface area contributed by atoms with Gasteiger partial charge in [-0.05, 0) is 19.8 Å². The fourth-order valence-corrected chi connectivity index (χ4v) is 1.54. The van der Waals surface area contributed by atoms with Gasteiger partial charge in [-0.2, -0.15) is 0 Å². The molecule has 0 saturated heterocycles. The third kappa shape index (κ3) is 2.03. The van der Waals surface area contributed by atoms with Crippen molar-refractivity contribution in [1.29, 1.82) is 0 Å². The van der Waals surface area contributed by atoms with Gasteiger partial charge in [-0.25, -0.2) is 0 Å². The second-order valence-electron chi connectivity index (χ2n) is 3.50. The minimum Gasteiger partial charge on any atom is -0.299 e. The maximum Gasteiger partial charge on any atom is 0.143 e. The van der Waals surface area contributed by atoms with Crippen LogP contribution in [0.3, 0.4) is 0 Å². The molecule has 0 spiro atoms. The highest BCUT2D eigenvalue weighted by Gasteiger charge is 2.29. The molecule has 0 aliphatic heterocycles. The zero-order valence-electron chi connectivity index (χ0n) is 7.43. The molecule has 0 unspecified atom stereocenters. The lowest BCUT2D eigenvalue weighted by Crippen LogP contribution is -2.28. The molecule has 1 aliphatic rings. The first-order valence-electron chi connectivity index (χ1n) is 4.31. The number of allylic oxidation sites excluding steroid dienone is 1. The van der Waals surface area contributed by atoms with Crippen molar-refractivity contribution in [3.8, 4) is 0 Å². The molecule has 0 atom stereocenters. The Kier molecular flexibility index (Phi) is 2.79. The van der Waals surface area contributed by atoms with Crippen LogP contribution in [0.5, 0.6) is 0 Å². The Morgan fingerprint density at radius 3 is 2.33 bits per heavy atom. The van der Waals surface area contributed by atoms with E-state index in [1.165, 1.54) is 0 Å². The molecule has 66 valence electrons. The van der Waals surface area contributed by atoms with Crippen LogP contribution in [0.4, 0.5) is 0 Å². The zero-order chi connectivity index (χ0) is 9.14. The van der Waals surface area contributed by atoms with E-state index in [0.29, 0.717) is 19.3 Å². The van der Waals surface area contributed by atoms with Gasteiger partial charge in [-0.1, -0.05) is 5.57 Å². The summed E-state index contributed by atoms with van der Waals surface area (Å²) in [5.41, 5.74) is 0.920. The molecular weight excluding hydrogens is 152 g/mol. The van der Waals surface area contributed by atoms with Crippen molar-refractivity contribution < 1.29 is 9.59 Å². The van der Waals surface area contributed by atoms with E-state index in [1.54, 1.807) is 0 Å². The fourth-order valence-electron chi connectivity index (χ4n) is 1.54. The number of hydrogen-bond donors (Lipinski definition) is 0. The monoisotopic (exact) mass is 166 g/mol. The average molecular weight is 166 g/mol. The molecule has 2 heteroatoms. The lowest BCUT2D eigenvalue weighted by atomic mass is 9.83. The summed E-state index contributed by atoms with van der Waals surface area (Å²) in [7, 11) is 0. The summed E-state index contributed by atoms with van der Waals surface area (Å²) in [5.74, 6) is -0.153. The van der Waals surface area contributed by atoms with E-state index in [-0.39, 0.29) is 17.5 Å². The topological polar surface area (TPSA) is 34.1 Å². The van der Waals surface area contributed by atoms with E-state index >= 15 is 0 Å². The van der Waals surface area contributed by atoms with Gasteiger partial charge >= 0.3 is 0 Å². The molecule has 0 N–H and O–H groups in total. The molecule has 1 rings (SSSR count). The Morgan fingerprint density at radius 2 is 1.92 bits per heavy atom. The van der Waals surface area contributed by atoms with Crippen LogP contribution in [0, 0.1) is 5.92 Å². The predicted octanol–water partition coefficient (Wildman–Crippen LogP) is 1.89. The molecule has 1 fully saturated rings. The van der Waals surface area contributed by atoms with E-state index < -0.39 is 0 Å². The predicted molar refractivity (Wildman–Crippen MR) is 46.8 cm³/mol. The van der Waals surface area contributed by atoms with Crippen LogP contribution < -0.4 is 0 Å². The van der Waals surface area contributed by atoms with E-state index in [0.717, 1.165) is 12.0 Å². The fraction of sp³-hybridized carbons (Fsp3) is 0.600. The molecule has 0 heterocycles. The molecule has 1 saturated carbocycles. The number of hydrogen-bond acceptors (Lipinski definition) is 2. The highest BCUT2D eigenvalue weighted by molar-refractivity contribution is 6.04. The normalized spacial score (nSPS) is 19.8. The van der Waals surface area contributed by atoms with Crippen molar-refractivity contribution in [3.63, 3.8) is 0 Å². The molecule has 0 aromatic carbocycles. The second-order valence-corrected chi connectivity index (χ2v) is 3.50. The number of carbonyl (C=O) groups is 2.